The number of ether oxygens (including phenoxy) is 2. The van der Waals surface area contributed by atoms with Crippen molar-refractivity contribution < 1.29 is 19.4 Å². The van der Waals surface area contributed by atoms with Crippen molar-refractivity contribution in [3.8, 4) is 11.6 Å². The van der Waals surface area contributed by atoms with Gasteiger partial charge in [-0.25, -0.2) is 4.98 Å². The topological polar surface area (TPSA) is 83.9 Å². The van der Waals surface area contributed by atoms with E-state index in [2.05, 4.69) is 15.2 Å². The first-order valence-corrected chi connectivity index (χ1v) is 9.55. The molecule has 0 bridgehead atoms. The molecule has 2 heterocycles. The molecule has 8 heteroatoms. The van der Waals surface area contributed by atoms with E-state index in [9.17, 15) is 9.90 Å². The third-order valence-corrected chi connectivity index (χ3v) is 4.54. The number of aromatic nitrogens is 1. The van der Waals surface area contributed by atoms with Gasteiger partial charge in [-0.1, -0.05) is 23.7 Å². The summed E-state index contributed by atoms with van der Waals surface area (Å²) in [4.78, 5) is 17.5. The van der Waals surface area contributed by atoms with Crippen molar-refractivity contribution in [1.82, 2.24) is 9.88 Å². The minimum absolute atomic E-state index is 0.0299. The minimum atomic E-state index is -0.655. The van der Waals surface area contributed by atoms with Gasteiger partial charge in [-0.2, -0.15) is 0 Å². The van der Waals surface area contributed by atoms with Crippen LogP contribution in [0.3, 0.4) is 0 Å². The van der Waals surface area contributed by atoms with E-state index in [0.717, 1.165) is 13.0 Å². The van der Waals surface area contributed by atoms with Crippen molar-refractivity contribution in [3.05, 3.63) is 47.6 Å². The molecule has 1 amide bonds. The summed E-state index contributed by atoms with van der Waals surface area (Å²) in [6.45, 7) is 3.60. The number of nitrogens with one attached hydrogen (secondary N) is 1. The first-order valence-electron chi connectivity index (χ1n) is 9.17. The third kappa shape index (κ3) is 6.09. The van der Waals surface area contributed by atoms with Gasteiger partial charge in [-0.05, 0) is 24.6 Å². The second-order valence-corrected chi connectivity index (χ2v) is 7.18. The Morgan fingerprint density at radius 2 is 2.21 bits per heavy atom. The van der Waals surface area contributed by atoms with Crippen molar-refractivity contribution in [3.63, 3.8) is 0 Å². The molecule has 0 spiro atoms. The molecular formula is C20H24ClN3O4. The number of carbonyl (C=O) groups excluding carboxylic acids is 1. The van der Waals surface area contributed by atoms with Crippen LogP contribution in [0, 0.1) is 0 Å². The van der Waals surface area contributed by atoms with Crippen LogP contribution in [0.2, 0.25) is 5.02 Å². The number of aliphatic hydroxyl groups is 1. The quantitative estimate of drug-likeness (QED) is 0.702. The van der Waals surface area contributed by atoms with Gasteiger partial charge in [0.15, 0.2) is 0 Å². The van der Waals surface area contributed by atoms with Crippen LogP contribution in [0.4, 0.5) is 5.69 Å². The highest BCUT2D eigenvalue weighted by Gasteiger charge is 2.26. The van der Waals surface area contributed by atoms with Gasteiger partial charge in [0.2, 0.25) is 11.8 Å². The Morgan fingerprint density at radius 1 is 1.39 bits per heavy atom. The number of amides is 1. The Morgan fingerprint density at radius 3 is 2.96 bits per heavy atom. The largest absolute Gasteiger partial charge is 0.489 e. The van der Waals surface area contributed by atoms with Crippen LogP contribution in [-0.2, 0) is 4.79 Å². The number of rotatable bonds is 8. The fourth-order valence-electron chi connectivity index (χ4n) is 3.08. The average Bonchev–Trinajstić information content (AvgIpc) is 3.09. The number of hydrogen-bond donors (Lipinski definition) is 2. The summed E-state index contributed by atoms with van der Waals surface area (Å²) in [6.07, 6.45) is 1.80. The van der Waals surface area contributed by atoms with Crippen molar-refractivity contribution in [2.45, 2.75) is 25.6 Å². The molecule has 7 nitrogen and oxygen atoms in total. The van der Waals surface area contributed by atoms with Gasteiger partial charge >= 0.3 is 0 Å². The Balaban J connectivity index is 1.44. The molecular weight excluding hydrogens is 382 g/mol. The molecule has 0 saturated carbocycles. The molecule has 1 aliphatic rings. The number of β-amino-alcohol motifs (C(OH)–C–C–N with tert-alkyl or cyclic N) is 1. The van der Waals surface area contributed by atoms with Crippen LogP contribution >= 0.6 is 11.6 Å². The summed E-state index contributed by atoms with van der Waals surface area (Å²) in [5.74, 6) is 0.915. The second-order valence-electron chi connectivity index (χ2n) is 6.74. The molecule has 1 aromatic carbocycles. The van der Waals surface area contributed by atoms with E-state index in [1.165, 1.54) is 6.92 Å². The molecule has 1 aromatic heterocycles. The van der Waals surface area contributed by atoms with E-state index in [1.807, 2.05) is 12.1 Å². The predicted octanol–water partition coefficient (Wildman–Crippen LogP) is 2.59. The number of nitrogens with zero attached hydrogens (tertiary/aromatic N) is 2. The molecule has 150 valence electrons. The lowest BCUT2D eigenvalue weighted by Crippen LogP contribution is -2.35. The number of anilines is 1. The van der Waals surface area contributed by atoms with Crippen LogP contribution in [-0.4, -0.2) is 59.3 Å². The van der Waals surface area contributed by atoms with Crippen molar-refractivity contribution in [2.75, 3.05) is 31.6 Å². The Bertz CT molecular complexity index is 787. The van der Waals surface area contributed by atoms with Gasteiger partial charge in [0, 0.05) is 38.8 Å². The van der Waals surface area contributed by atoms with Gasteiger partial charge in [-0.15, -0.1) is 0 Å². The molecule has 0 aliphatic carbocycles. The molecule has 1 aliphatic heterocycles. The second kappa shape index (κ2) is 9.73. The summed E-state index contributed by atoms with van der Waals surface area (Å²) in [6, 6.07) is 10.7. The number of para-hydroxylation sites is 2. The highest BCUT2D eigenvalue weighted by atomic mass is 35.5. The number of pyridine rings is 1. The van der Waals surface area contributed by atoms with E-state index < -0.39 is 6.10 Å². The average molecular weight is 406 g/mol. The van der Waals surface area contributed by atoms with Gasteiger partial charge in [-0.3, -0.25) is 9.69 Å². The van der Waals surface area contributed by atoms with E-state index in [-0.39, 0.29) is 18.6 Å². The minimum Gasteiger partial charge on any atom is -0.489 e. The monoisotopic (exact) mass is 405 g/mol. The number of halogens is 1. The van der Waals surface area contributed by atoms with Gasteiger partial charge < -0.3 is 19.9 Å². The van der Waals surface area contributed by atoms with Gasteiger partial charge in [0.1, 0.15) is 24.6 Å². The summed E-state index contributed by atoms with van der Waals surface area (Å²) in [5.41, 5.74) is 0.590. The number of benzene rings is 1. The van der Waals surface area contributed by atoms with Gasteiger partial charge in [0.25, 0.3) is 0 Å². The predicted molar refractivity (Wildman–Crippen MR) is 107 cm³/mol. The highest BCUT2D eigenvalue weighted by Crippen LogP contribution is 2.24. The number of aliphatic hydroxyl groups excluding tert-OH is 1. The molecule has 1 saturated heterocycles. The maximum Gasteiger partial charge on any atom is 0.221 e. The molecule has 2 N–H and O–H groups in total. The lowest BCUT2D eigenvalue weighted by molar-refractivity contribution is -0.114. The summed E-state index contributed by atoms with van der Waals surface area (Å²) < 4.78 is 11.6. The Labute approximate surface area is 169 Å². The van der Waals surface area contributed by atoms with E-state index >= 15 is 0 Å². The van der Waals surface area contributed by atoms with Crippen molar-refractivity contribution in [2.24, 2.45) is 0 Å². The zero-order chi connectivity index (χ0) is 19.9. The zero-order valence-corrected chi connectivity index (χ0v) is 16.4. The van der Waals surface area contributed by atoms with E-state index in [4.69, 9.17) is 21.1 Å². The SMILES string of the molecule is CC(=O)Nc1ccccc1OCC(O)CN1CCC(Oc2ccc(Cl)cn2)C1. The molecule has 2 unspecified atom stereocenters. The number of likely N-dealkylation sites (tertiary alicyclic amines) is 1. The fraction of sp³-hybridized carbons (Fsp3) is 0.400. The number of carbonyl (C=O) groups is 1. The van der Waals surface area contributed by atoms with Crippen LogP contribution < -0.4 is 14.8 Å². The first-order chi connectivity index (χ1) is 13.5. The molecule has 0 radical (unpaired) electrons. The van der Waals surface area contributed by atoms with Crippen molar-refractivity contribution >= 4 is 23.2 Å². The number of hydrogen-bond acceptors (Lipinski definition) is 6. The molecule has 2 aromatic rings. The van der Waals surface area contributed by atoms with E-state index in [0.29, 0.717) is 35.4 Å². The van der Waals surface area contributed by atoms with Gasteiger partial charge in [0.05, 0.1) is 10.7 Å². The molecule has 28 heavy (non-hydrogen) atoms. The summed E-state index contributed by atoms with van der Waals surface area (Å²) in [5, 5.41) is 13.6. The lowest BCUT2D eigenvalue weighted by Gasteiger charge is -2.21. The zero-order valence-electron chi connectivity index (χ0n) is 15.7. The fourth-order valence-corrected chi connectivity index (χ4v) is 3.20. The standard InChI is InChI=1S/C20H24ClN3O4/c1-14(25)23-18-4-2-3-5-19(18)27-13-16(26)11-24-9-8-17(12-24)28-20-7-6-15(21)10-22-20/h2-7,10,16-17,26H,8-9,11-13H2,1H3,(H,23,25). The molecule has 1 fully saturated rings. The summed E-state index contributed by atoms with van der Waals surface area (Å²) in [7, 11) is 0. The van der Waals surface area contributed by atoms with Crippen molar-refractivity contribution in [1.29, 1.82) is 0 Å². The Kier molecular flexibility index (Phi) is 7.08. The third-order valence-electron chi connectivity index (χ3n) is 4.31. The lowest BCUT2D eigenvalue weighted by atomic mass is 10.3. The normalized spacial score (nSPS) is 17.9. The van der Waals surface area contributed by atoms with Crippen LogP contribution in [0.25, 0.3) is 0 Å². The smallest absolute Gasteiger partial charge is 0.221 e. The molecule has 3 rings (SSSR count). The highest BCUT2D eigenvalue weighted by molar-refractivity contribution is 6.30. The first kappa shape index (κ1) is 20.4. The van der Waals surface area contributed by atoms with Crippen LogP contribution in [0.5, 0.6) is 11.6 Å². The molecule has 2 atom stereocenters. The summed E-state index contributed by atoms with van der Waals surface area (Å²) >= 11 is 5.83. The van der Waals surface area contributed by atoms with Crippen LogP contribution in [0.15, 0.2) is 42.6 Å². The maximum atomic E-state index is 11.3. The van der Waals surface area contributed by atoms with Crippen LogP contribution in [0.1, 0.15) is 13.3 Å². The van der Waals surface area contributed by atoms with E-state index in [1.54, 1.807) is 30.5 Å². The Hall–Kier alpha value is -2.35. The maximum absolute atomic E-state index is 11.3.